The maximum absolute atomic E-state index is 16.7. The highest BCUT2D eigenvalue weighted by Crippen LogP contribution is 2.44. The van der Waals surface area contributed by atoms with Crippen molar-refractivity contribution in [3.8, 4) is 23.3 Å². The second-order valence-electron chi connectivity index (χ2n) is 11.7. The van der Waals surface area contributed by atoms with E-state index in [2.05, 4.69) is 24.8 Å². The van der Waals surface area contributed by atoms with Gasteiger partial charge in [0.2, 0.25) is 0 Å². The second kappa shape index (κ2) is 10.2. The minimum Gasteiger partial charge on any atom is -0.461 e. The van der Waals surface area contributed by atoms with Crippen molar-refractivity contribution in [1.82, 2.24) is 29.4 Å². The van der Waals surface area contributed by atoms with E-state index < -0.39 is 40.4 Å². The highest BCUT2D eigenvalue weighted by molar-refractivity contribution is 7.23. The Hall–Kier alpha value is -4.55. The molecule has 10 nitrogen and oxygen atoms in total. The summed E-state index contributed by atoms with van der Waals surface area (Å²) in [4.78, 5) is 21.8. The molecule has 8 rings (SSSR count). The lowest BCUT2D eigenvalue weighted by Crippen LogP contribution is -2.43. The number of benzene rings is 1. The van der Waals surface area contributed by atoms with Crippen LogP contribution in [-0.4, -0.2) is 67.4 Å². The number of nitriles is 1. The number of hydrogen-bond acceptors (Lipinski definition) is 10. The largest absolute Gasteiger partial charge is 0.461 e. The summed E-state index contributed by atoms with van der Waals surface area (Å²) in [7, 11) is 0. The first-order chi connectivity index (χ1) is 21.8. The molecule has 2 N–H and O–H groups in total. The molecule has 5 aromatic rings. The number of rotatable bonds is 5. The summed E-state index contributed by atoms with van der Waals surface area (Å²) < 4.78 is 69.4. The number of nitrogens with two attached hydrogens (primary N) is 1. The lowest BCUT2D eigenvalue weighted by Gasteiger charge is -2.31. The first-order valence-electron chi connectivity index (χ1n) is 14.5. The van der Waals surface area contributed by atoms with Crippen LogP contribution in [0.15, 0.2) is 24.7 Å². The van der Waals surface area contributed by atoms with Gasteiger partial charge in [-0.25, -0.2) is 22.5 Å². The van der Waals surface area contributed by atoms with Crippen molar-refractivity contribution >= 4 is 43.1 Å². The van der Waals surface area contributed by atoms with Crippen molar-refractivity contribution in [3.05, 3.63) is 53.5 Å². The molecule has 4 aromatic heterocycles. The Kier molecular flexibility index (Phi) is 6.37. The van der Waals surface area contributed by atoms with Gasteiger partial charge in [0.15, 0.2) is 5.82 Å². The van der Waals surface area contributed by atoms with E-state index in [1.54, 1.807) is 6.20 Å². The summed E-state index contributed by atoms with van der Waals surface area (Å²) in [5.74, 6) is -1.88. The predicted octanol–water partition coefficient (Wildman–Crippen LogP) is 4.95. The third kappa shape index (κ3) is 4.30. The summed E-state index contributed by atoms with van der Waals surface area (Å²) in [6.07, 6.45) is 5.97. The van der Waals surface area contributed by atoms with Crippen LogP contribution in [0.4, 0.5) is 28.4 Å². The van der Waals surface area contributed by atoms with Crippen LogP contribution in [-0.2, 0) is 13.1 Å². The Balaban J connectivity index is 1.29. The number of fused-ring (bicyclic) bond motifs is 4. The number of nitrogen functional groups attached to an aromatic ring is 1. The fourth-order valence-corrected chi connectivity index (χ4v) is 8.00. The SMILES string of the molecule is N#Cc1c(N)sc2c(F)cc(F)c(-c3ncc4c(N5CCn6ccnc6C5)nc(OC[C@@]56CCCN5C[C@H](F)C6)nc4c3F)c12. The number of hydrogen-bond donors (Lipinski definition) is 1. The number of imidazole rings is 1. The molecular formula is C30H25F4N9OS. The number of halogens is 4. The number of pyridine rings is 1. The smallest absolute Gasteiger partial charge is 0.319 e. The molecule has 2 atom stereocenters. The zero-order chi connectivity index (χ0) is 31.0. The van der Waals surface area contributed by atoms with Gasteiger partial charge in [0.25, 0.3) is 0 Å². The monoisotopic (exact) mass is 635 g/mol. The molecule has 1 aromatic carbocycles. The van der Waals surface area contributed by atoms with Crippen molar-refractivity contribution < 1.29 is 22.3 Å². The lowest BCUT2D eigenvalue weighted by atomic mass is 9.95. The van der Waals surface area contributed by atoms with E-state index in [0.29, 0.717) is 44.5 Å². The first-order valence-corrected chi connectivity index (χ1v) is 15.3. The van der Waals surface area contributed by atoms with Gasteiger partial charge in [-0.2, -0.15) is 15.2 Å². The lowest BCUT2D eigenvalue weighted by molar-refractivity contribution is 0.107. The van der Waals surface area contributed by atoms with Crippen molar-refractivity contribution in [2.45, 2.75) is 44.1 Å². The van der Waals surface area contributed by atoms with E-state index >= 15 is 8.78 Å². The highest BCUT2D eigenvalue weighted by Gasteiger charge is 2.49. The van der Waals surface area contributed by atoms with Gasteiger partial charge in [0, 0.05) is 61.7 Å². The molecule has 15 heteroatoms. The minimum absolute atomic E-state index is 0.0223. The Morgan fingerprint density at radius 2 is 2.02 bits per heavy atom. The van der Waals surface area contributed by atoms with Gasteiger partial charge < -0.3 is 19.9 Å². The molecule has 0 bridgehead atoms. The third-order valence-corrected chi connectivity index (χ3v) is 10.2. The summed E-state index contributed by atoms with van der Waals surface area (Å²) >= 11 is 0.774. The zero-order valence-electron chi connectivity index (χ0n) is 23.7. The minimum atomic E-state index is -1.10. The third-order valence-electron chi connectivity index (χ3n) is 9.16. The van der Waals surface area contributed by atoms with Gasteiger partial charge in [-0.3, -0.25) is 9.88 Å². The molecule has 0 unspecified atom stereocenters. The predicted molar refractivity (Wildman–Crippen MR) is 159 cm³/mol. The second-order valence-corrected chi connectivity index (χ2v) is 12.8. The summed E-state index contributed by atoms with van der Waals surface area (Å²) in [5.41, 5.74) is 4.26. The van der Waals surface area contributed by atoms with Crippen molar-refractivity contribution in [2.75, 3.05) is 36.9 Å². The molecule has 7 heterocycles. The highest BCUT2D eigenvalue weighted by atomic mass is 32.1. The molecular weight excluding hydrogens is 610 g/mol. The van der Waals surface area contributed by atoms with Gasteiger partial charge in [-0.15, -0.1) is 11.3 Å². The van der Waals surface area contributed by atoms with E-state index in [1.165, 1.54) is 6.20 Å². The maximum atomic E-state index is 16.7. The van der Waals surface area contributed by atoms with Crippen LogP contribution in [0.1, 0.15) is 30.7 Å². The van der Waals surface area contributed by atoms with Crippen molar-refractivity contribution in [2.24, 2.45) is 0 Å². The van der Waals surface area contributed by atoms with Crippen molar-refractivity contribution in [3.63, 3.8) is 0 Å². The number of alkyl halides is 1. The Bertz CT molecular complexity index is 2060. The Morgan fingerprint density at radius 1 is 1.16 bits per heavy atom. The van der Waals surface area contributed by atoms with Gasteiger partial charge in [-0.1, -0.05) is 0 Å². The zero-order valence-corrected chi connectivity index (χ0v) is 24.6. The van der Waals surface area contributed by atoms with Gasteiger partial charge in [0.05, 0.1) is 27.7 Å². The topological polar surface area (TPSA) is 122 Å². The normalized spacial score (nSPS) is 21.4. The fourth-order valence-electron chi connectivity index (χ4n) is 7.07. The van der Waals surface area contributed by atoms with Gasteiger partial charge >= 0.3 is 6.01 Å². The Labute approximate surface area is 257 Å². The average molecular weight is 636 g/mol. The summed E-state index contributed by atoms with van der Waals surface area (Å²) in [6.45, 7) is 2.73. The number of nitrogens with zero attached hydrogens (tertiary/aromatic N) is 8. The van der Waals surface area contributed by atoms with Gasteiger partial charge in [0.1, 0.15) is 58.3 Å². The van der Waals surface area contributed by atoms with E-state index in [9.17, 15) is 14.0 Å². The molecule has 2 saturated heterocycles. The molecule has 3 aliphatic heterocycles. The molecule has 0 amide bonds. The maximum Gasteiger partial charge on any atom is 0.319 e. The van der Waals surface area contributed by atoms with Crippen LogP contribution in [0.3, 0.4) is 0 Å². The van der Waals surface area contributed by atoms with E-state index in [1.807, 2.05) is 21.7 Å². The van der Waals surface area contributed by atoms with E-state index in [4.69, 9.17) is 10.5 Å². The van der Waals surface area contributed by atoms with Crippen LogP contribution in [0.25, 0.3) is 32.2 Å². The molecule has 0 radical (unpaired) electrons. The quantitative estimate of drug-likeness (QED) is 0.268. The van der Waals surface area contributed by atoms with Crippen LogP contribution >= 0.6 is 11.3 Å². The first kappa shape index (κ1) is 28.0. The molecule has 0 saturated carbocycles. The Morgan fingerprint density at radius 3 is 2.87 bits per heavy atom. The number of ether oxygens (including phenoxy) is 1. The molecule has 45 heavy (non-hydrogen) atoms. The molecule has 0 aliphatic carbocycles. The number of aromatic nitrogens is 5. The average Bonchev–Trinajstić information content (AvgIpc) is 3.78. The van der Waals surface area contributed by atoms with Crippen LogP contribution in [0, 0.1) is 28.8 Å². The van der Waals surface area contributed by atoms with E-state index in [-0.39, 0.29) is 44.2 Å². The molecule has 230 valence electrons. The van der Waals surface area contributed by atoms with Crippen LogP contribution in [0.5, 0.6) is 6.01 Å². The van der Waals surface area contributed by atoms with Crippen LogP contribution < -0.4 is 15.4 Å². The number of anilines is 2. The van der Waals surface area contributed by atoms with Gasteiger partial charge in [-0.05, 0) is 19.4 Å². The van der Waals surface area contributed by atoms with Crippen LogP contribution in [0.2, 0.25) is 0 Å². The summed E-state index contributed by atoms with van der Waals surface area (Å²) in [6, 6.07) is 2.39. The fraction of sp³-hybridized carbons (Fsp3) is 0.367. The molecule has 2 fully saturated rings. The summed E-state index contributed by atoms with van der Waals surface area (Å²) in [5, 5.41) is 9.81. The van der Waals surface area contributed by atoms with E-state index in [0.717, 1.165) is 36.5 Å². The molecule has 0 spiro atoms. The van der Waals surface area contributed by atoms with Crippen molar-refractivity contribution in [1.29, 1.82) is 5.26 Å². The number of thiophene rings is 1. The standard InChI is InChI=1S/C30H25F4N9OS/c31-15-9-30(2-1-4-43(30)12-15)14-44-29-39-24-17(28(40-29)42-7-6-41-5-3-37-20(41)13-42)11-38-25(23(24)34)22-18(32)8-19(33)26-21(22)16(10-35)27(36)45-26/h3,5,8,11,15H,1-2,4,6-7,9,12-14,36H2/t15-,30+/m1/s1. The molecule has 3 aliphatic rings.